The Morgan fingerprint density at radius 3 is 2.21 bits per heavy atom. The number of nitrogens with zero attached hydrogens (tertiary/aromatic N) is 1. The molecule has 16 heteroatoms. The fraction of sp³-hybridized carbons (Fsp3) is 0.825. The maximum absolute atomic E-state index is 13.8. The number of phosphoric acid groups is 1. The minimum Gasteiger partial charge on any atom is -0.462 e. The molecule has 0 radical (unpaired) electrons. The molecule has 5 aliphatic rings. The second-order valence-corrected chi connectivity index (χ2v) is 21.9. The standard InChI is InChI=1S/C40H60IN2O12P/c1-37(2,3)54-56(49,55-38(4,5)6)50-22-30-29(20-32(51-30)43-21-28(41)35(47)42-36(43)48)52-33(45)13-14-34(46)53-31-12-11-26-25-10-9-23-19-24(44)15-17-39(23,7)27(25)16-18-40(26,31)8/h21,23,25-27,29-32H,9-20,22H2,1-8H3,(H,42,47,48)/t23-,25-,26-,27-,29-,30+,31-,32+,39-,40-/m0/s1/i41-2. The summed E-state index contributed by atoms with van der Waals surface area (Å²) in [6.45, 7) is 14.6. The zero-order valence-corrected chi connectivity index (χ0v) is 37.1. The number of ether oxygens (including phenoxy) is 3. The van der Waals surface area contributed by atoms with E-state index < -0.39 is 60.6 Å². The number of hydrogen-bond acceptors (Lipinski definition) is 12. The molecule has 10 atom stereocenters. The molecule has 0 aromatic carbocycles. The van der Waals surface area contributed by atoms with E-state index in [1.54, 1.807) is 64.1 Å². The molecule has 1 aromatic rings. The molecule has 0 spiro atoms. The van der Waals surface area contributed by atoms with Gasteiger partial charge in [0.25, 0.3) is 5.56 Å². The number of ketones is 1. The summed E-state index contributed by atoms with van der Waals surface area (Å²) < 4.78 is 50.7. The van der Waals surface area contributed by atoms with Crippen molar-refractivity contribution in [2.45, 2.75) is 168 Å². The van der Waals surface area contributed by atoms with E-state index >= 15 is 0 Å². The SMILES string of the molecule is CC(C)(C)OP(=O)(OC[C@H]1O[C@@H](n2cc([125I])c(=O)[nH]c2=O)C[C@@H]1OC(=O)CCC(=O)O[C@H]1CC[C@H]2[C@@H]3CC[C@H]4CC(=O)CC[C@]4(C)[C@H]3CC[C@]12C)OC(C)(C)C. The van der Waals surface area contributed by atoms with Gasteiger partial charge in [-0.05, 0) is 138 Å². The number of carbonyl (C=O) groups is 3. The van der Waals surface area contributed by atoms with Crippen LogP contribution in [0.15, 0.2) is 15.8 Å². The maximum Gasteiger partial charge on any atom is 0.475 e. The lowest BCUT2D eigenvalue weighted by Crippen LogP contribution is -2.54. The average Bonchev–Trinajstić information content (AvgIpc) is 3.63. The molecule has 1 aliphatic heterocycles. The van der Waals surface area contributed by atoms with Crippen LogP contribution in [0.1, 0.15) is 139 Å². The van der Waals surface area contributed by atoms with Gasteiger partial charge in [-0.1, -0.05) is 13.8 Å². The third-order valence-corrected chi connectivity index (χ3v) is 15.8. The van der Waals surface area contributed by atoms with E-state index in [4.69, 9.17) is 27.8 Å². The van der Waals surface area contributed by atoms with Crippen LogP contribution in [0.3, 0.4) is 0 Å². The van der Waals surface area contributed by atoms with Gasteiger partial charge in [-0.3, -0.25) is 42.3 Å². The molecule has 0 amide bonds. The lowest BCUT2D eigenvalue weighted by Gasteiger charge is -2.60. The smallest absolute Gasteiger partial charge is 0.462 e. The van der Waals surface area contributed by atoms with Gasteiger partial charge in [0.15, 0.2) is 0 Å². The normalized spacial score (nSPS) is 34.7. The molecular formula is C40H60IN2O12P. The third-order valence-electron chi connectivity index (χ3n) is 13.1. The first-order valence-corrected chi connectivity index (χ1v) is 22.8. The van der Waals surface area contributed by atoms with Crippen LogP contribution >= 0.6 is 30.4 Å². The fourth-order valence-corrected chi connectivity index (χ4v) is 12.8. The van der Waals surface area contributed by atoms with Crippen molar-refractivity contribution in [1.29, 1.82) is 0 Å². The Morgan fingerprint density at radius 2 is 1.55 bits per heavy atom. The van der Waals surface area contributed by atoms with Crippen LogP contribution in [0, 0.1) is 38.1 Å². The van der Waals surface area contributed by atoms with Gasteiger partial charge in [-0.15, -0.1) is 0 Å². The summed E-state index contributed by atoms with van der Waals surface area (Å²) in [6, 6.07) is 0. The molecule has 0 bridgehead atoms. The molecule has 6 rings (SSSR count). The average molecular weight is 917 g/mol. The van der Waals surface area contributed by atoms with Gasteiger partial charge in [0.2, 0.25) is 0 Å². The zero-order valence-electron chi connectivity index (χ0n) is 34.1. The highest BCUT2D eigenvalue weighted by Crippen LogP contribution is 2.66. The predicted molar refractivity (Wildman–Crippen MR) is 214 cm³/mol. The molecule has 4 aliphatic carbocycles. The third kappa shape index (κ3) is 9.59. The number of nitrogens with one attached hydrogen (secondary N) is 1. The van der Waals surface area contributed by atoms with Crippen LogP contribution in [-0.4, -0.2) is 63.4 Å². The van der Waals surface area contributed by atoms with E-state index in [2.05, 4.69) is 18.8 Å². The summed E-state index contributed by atoms with van der Waals surface area (Å²) in [5, 5.41) is 0. The van der Waals surface area contributed by atoms with E-state index in [9.17, 15) is 28.5 Å². The van der Waals surface area contributed by atoms with E-state index in [0.717, 1.165) is 51.4 Å². The zero-order chi connectivity index (χ0) is 41.0. The van der Waals surface area contributed by atoms with E-state index in [1.165, 1.54) is 10.8 Å². The van der Waals surface area contributed by atoms with Crippen molar-refractivity contribution in [1.82, 2.24) is 9.55 Å². The van der Waals surface area contributed by atoms with Crippen LogP contribution in [0.25, 0.3) is 0 Å². The van der Waals surface area contributed by atoms with Gasteiger partial charge in [-0.25, -0.2) is 9.36 Å². The highest BCUT2D eigenvalue weighted by Gasteiger charge is 2.61. The molecule has 14 nitrogen and oxygen atoms in total. The van der Waals surface area contributed by atoms with Gasteiger partial charge in [0.05, 0.1) is 34.2 Å². The molecule has 314 valence electrons. The number of aromatic nitrogens is 2. The van der Waals surface area contributed by atoms with Crippen molar-refractivity contribution in [3.05, 3.63) is 30.6 Å². The Labute approximate surface area is 342 Å². The molecule has 1 aromatic heterocycles. The molecule has 0 unspecified atom stereocenters. The van der Waals surface area contributed by atoms with Gasteiger partial charge in [0.1, 0.15) is 30.3 Å². The van der Waals surface area contributed by atoms with Gasteiger partial charge >= 0.3 is 25.5 Å². The van der Waals surface area contributed by atoms with E-state index in [-0.39, 0.29) is 46.4 Å². The summed E-state index contributed by atoms with van der Waals surface area (Å²) in [7, 11) is -4.18. The lowest BCUT2D eigenvalue weighted by molar-refractivity contribution is -0.167. The molecule has 4 saturated carbocycles. The number of phosphoric ester groups is 1. The van der Waals surface area contributed by atoms with Crippen LogP contribution in [0.4, 0.5) is 0 Å². The number of carbonyl (C=O) groups excluding carboxylic acids is 3. The summed E-state index contributed by atoms with van der Waals surface area (Å²) in [4.78, 5) is 66.0. The Hall–Kier alpha value is -1.91. The second-order valence-electron chi connectivity index (χ2n) is 19.2. The van der Waals surface area contributed by atoms with Gasteiger partial charge in [-0.2, -0.15) is 0 Å². The van der Waals surface area contributed by atoms with Crippen molar-refractivity contribution < 1.29 is 46.7 Å². The first-order valence-electron chi connectivity index (χ1n) is 20.2. The summed E-state index contributed by atoms with van der Waals surface area (Å²) in [5.74, 6) is 1.40. The van der Waals surface area contributed by atoms with Crippen LogP contribution in [0.5, 0.6) is 0 Å². The number of aromatic amines is 1. The Bertz CT molecular complexity index is 1810. The predicted octanol–water partition coefficient (Wildman–Crippen LogP) is 7.40. The van der Waals surface area contributed by atoms with Crippen molar-refractivity contribution in [3.63, 3.8) is 0 Å². The first-order chi connectivity index (χ1) is 26.0. The topological polar surface area (TPSA) is 179 Å². The largest absolute Gasteiger partial charge is 0.475 e. The number of esters is 2. The summed E-state index contributed by atoms with van der Waals surface area (Å²) in [5.41, 5.74) is -2.97. The summed E-state index contributed by atoms with van der Waals surface area (Å²) >= 11 is 1.80. The van der Waals surface area contributed by atoms with Crippen LogP contribution < -0.4 is 11.2 Å². The fourth-order valence-electron chi connectivity index (χ4n) is 10.6. The molecule has 1 saturated heterocycles. The molecule has 56 heavy (non-hydrogen) atoms. The Kier molecular flexibility index (Phi) is 12.7. The lowest BCUT2D eigenvalue weighted by atomic mass is 9.45. The minimum absolute atomic E-state index is 0.0108. The molecule has 5 fully saturated rings. The second kappa shape index (κ2) is 16.3. The molecular weight excluding hydrogens is 856 g/mol. The van der Waals surface area contributed by atoms with E-state index in [1.807, 2.05) is 0 Å². The number of fused-ring (bicyclic) bond motifs is 5. The number of hydrogen-bond donors (Lipinski definition) is 1. The highest BCUT2D eigenvalue weighted by molar-refractivity contribution is 14.1. The quantitative estimate of drug-likeness (QED) is 0.132. The first kappa shape index (κ1) is 43.7. The Morgan fingerprint density at radius 1 is 0.911 bits per heavy atom. The van der Waals surface area contributed by atoms with E-state index in [0.29, 0.717) is 35.9 Å². The van der Waals surface area contributed by atoms with Crippen LogP contribution in [-0.2, 0) is 46.7 Å². The molecule has 1 N–H and O–H groups in total. The minimum atomic E-state index is -4.18. The maximum atomic E-state index is 13.8. The van der Waals surface area contributed by atoms with Gasteiger partial charge < -0.3 is 14.2 Å². The van der Waals surface area contributed by atoms with Crippen molar-refractivity contribution in [2.75, 3.05) is 6.61 Å². The Balaban J connectivity index is 1.08. The van der Waals surface area contributed by atoms with Crippen molar-refractivity contribution in [3.8, 4) is 0 Å². The number of halogens is 1. The molecule has 2 heterocycles. The van der Waals surface area contributed by atoms with Crippen LogP contribution in [0.2, 0.25) is 0 Å². The van der Waals surface area contributed by atoms with Crippen molar-refractivity contribution >= 4 is 48.1 Å². The number of rotatable bonds is 11. The monoisotopic (exact) mass is 916 g/mol. The van der Waals surface area contributed by atoms with Gasteiger partial charge in [0, 0.05) is 30.9 Å². The number of Topliss-reactive ketones (excluding diaryl/α,β-unsaturated/α-hetero) is 1. The highest BCUT2D eigenvalue weighted by atomic mass is 125. The number of H-pyrrole nitrogens is 1. The summed E-state index contributed by atoms with van der Waals surface area (Å²) in [6.07, 6.45) is 6.30. The van der Waals surface area contributed by atoms with Crippen molar-refractivity contribution in [2.24, 2.45) is 34.5 Å².